The van der Waals surface area contributed by atoms with Crippen molar-refractivity contribution >= 4 is 35.8 Å². The van der Waals surface area contributed by atoms with Crippen molar-refractivity contribution in [3.8, 4) is 0 Å². The van der Waals surface area contributed by atoms with Gasteiger partial charge in [-0.3, -0.25) is 9.69 Å². The average molecular weight is 489 g/mol. The third kappa shape index (κ3) is 9.39. The molecule has 3 N–H and O–H groups in total. The lowest BCUT2D eigenvalue weighted by molar-refractivity contribution is -0.118. The Morgan fingerprint density at radius 3 is 2.44 bits per heavy atom. The van der Waals surface area contributed by atoms with E-state index in [2.05, 4.69) is 45.1 Å². The largest absolute Gasteiger partial charge is 0.379 e. The van der Waals surface area contributed by atoms with Gasteiger partial charge in [-0.05, 0) is 18.1 Å². The zero-order valence-electron chi connectivity index (χ0n) is 16.3. The van der Waals surface area contributed by atoms with Crippen LogP contribution >= 0.6 is 24.0 Å². The van der Waals surface area contributed by atoms with Crippen LogP contribution in [0.25, 0.3) is 0 Å². The zero-order chi connectivity index (χ0) is 18.6. The predicted molar refractivity (Wildman–Crippen MR) is 119 cm³/mol. The molecule has 1 amide bonds. The Morgan fingerprint density at radius 2 is 1.78 bits per heavy atom. The van der Waals surface area contributed by atoms with Gasteiger partial charge in [-0.15, -0.1) is 24.0 Å². The van der Waals surface area contributed by atoms with Gasteiger partial charge in [0.05, 0.1) is 19.8 Å². The molecular formula is C19H32IN5O2. The molecule has 1 aliphatic heterocycles. The number of halogens is 1. The number of hydrogen-bond donors (Lipinski definition) is 3. The molecule has 1 fully saturated rings. The molecule has 0 radical (unpaired) electrons. The molecule has 27 heavy (non-hydrogen) atoms. The first kappa shape index (κ1) is 23.6. The molecule has 1 aliphatic rings. The number of morpholine rings is 1. The molecule has 2 rings (SSSR count). The van der Waals surface area contributed by atoms with Crippen molar-refractivity contribution in [3.63, 3.8) is 0 Å². The fourth-order valence-electron chi connectivity index (χ4n) is 2.79. The van der Waals surface area contributed by atoms with Gasteiger partial charge in [-0.2, -0.15) is 0 Å². The highest BCUT2D eigenvalue weighted by molar-refractivity contribution is 14.0. The number of nitrogens with one attached hydrogen (secondary N) is 3. The van der Waals surface area contributed by atoms with Crippen LogP contribution in [0.1, 0.15) is 25.0 Å². The van der Waals surface area contributed by atoms with Gasteiger partial charge in [0, 0.05) is 46.2 Å². The number of carbonyl (C=O) groups excluding carboxylic acids is 1. The predicted octanol–water partition coefficient (Wildman–Crippen LogP) is 1.33. The topological polar surface area (TPSA) is 78.0 Å². The fourth-order valence-corrected chi connectivity index (χ4v) is 2.79. The zero-order valence-corrected chi connectivity index (χ0v) is 18.6. The molecule has 1 aromatic carbocycles. The Hall–Kier alpha value is -1.39. The summed E-state index contributed by atoms with van der Waals surface area (Å²) in [6.07, 6.45) is 0. The first-order valence-electron chi connectivity index (χ1n) is 9.32. The molecular weight excluding hydrogens is 457 g/mol. The third-order valence-electron chi connectivity index (χ3n) is 4.16. The maximum Gasteiger partial charge on any atom is 0.216 e. The number of ether oxygens (including phenoxy) is 1. The van der Waals surface area contributed by atoms with Crippen LogP contribution in [0.3, 0.4) is 0 Å². The molecule has 0 aliphatic carbocycles. The molecule has 1 aromatic rings. The van der Waals surface area contributed by atoms with Crippen molar-refractivity contribution in [1.29, 1.82) is 0 Å². The van der Waals surface area contributed by atoms with Crippen molar-refractivity contribution in [1.82, 2.24) is 20.9 Å². The maximum atomic E-state index is 10.9. The summed E-state index contributed by atoms with van der Waals surface area (Å²) in [7, 11) is 0. The van der Waals surface area contributed by atoms with Crippen LogP contribution < -0.4 is 16.0 Å². The van der Waals surface area contributed by atoms with Gasteiger partial charge in [-0.25, -0.2) is 4.99 Å². The Kier molecular flexibility index (Phi) is 12.0. The van der Waals surface area contributed by atoms with E-state index >= 15 is 0 Å². The van der Waals surface area contributed by atoms with Crippen LogP contribution in [-0.2, 0) is 22.6 Å². The highest BCUT2D eigenvalue weighted by Gasteiger charge is 2.12. The quantitative estimate of drug-likeness (QED) is 0.222. The van der Waals surface area contributed by atoms with Crippen LogP contribution in [0, 0.1) is 0 Å². The summed E-state index contributed by atoms with van der Waals surface area (Å²) in [6, 6.07) is 8.46. The molecule has 0 aromatic heterocycles. The standard InChI is InChI=1S/C19H31N5O2.HI/c1-3-20-19(22-9-8-21-16(2)25)23-14-17-6-4-5-7-18(17)15-24-10-12-26-13-11-24;/h4-7H,3,8-15H2,1-2H3,(H,21,25)(H2,20,22,23);1H. The molecule has 0 saturated carbocycles. The number of amides is 1. The molecule has 7 nitrogen and oxygen atoms in total. The first-order valence-corrected chi connectivity index (χ1v) is 9.32. The average Bonchev–Trinajstić information content (AvgIpc) is 2.65. The molecule has 0 atom stereocenters. The third-order valence-corrected chi connectivity index (χ3v) is 4.16. The van der Waals surface area contributed by atoms with E-state index in [1.54, 1.807) is 0 Å². The van der Waals surface area contributed by atoms with Crippen LogP contribution in [-0.4, -0.2) is 62.7 Å². The summed E-state index contributed by atoms with van der Waals surface area (Å²) in [5.41, 5.74) is 2.55. The minimum atomic E-state index is -0.0224. The van der Waals surface area contributed by atoms with Crippen LogP contribution in [0.5, 0.6) is 0 Å². The van der Waals surface area contributed by atoms with E-state index in [-0.39, 0.29) is 29.9 Å². The minimum Gasteiger partial charge on any atom is -0.379 e. The van der Waals surface area contributed by atoms with E-state index in [1.165, 1.54) is 18.1 Å². The first-order chi connectivity index (χ1) is 12.7. The molecule has 0 bridgehead atoms. The van der Waals surface area contributed by atoms with Crippen LogP contribution in [0.4, 0.5) is 0 Å². The minimum absolute atomic E-state index is 0. The summed E-state index contributed by atoms with van der Waals surface area (Å²) in [5.74, 6) is 0.741. The fraction of sp³-hybridized carbons (Fsp3) is 0.579. The summed E-state index contributed by atoms with van der Waals surface area (Å²) in [6.45, 7) is 10.7. The lowest BCUT2D eigenvalue weighted by atomic mass is 10.1. The van der Waals surface area contributed by atoms with Crippen molar-refractivity contribution in [2.45, 2.75) is 26.9 Å². The second kappa shape index (κ2) is 13.7. The summed E-state index contributed by atoms with van der Waals surface area (Å²) < 4.78 is 5.43. The summed E-state index contributed by atoms with van der Waals surface area (Å²) in [5, 5.41) is 9.26. The number of carbonyl (C=O) groups is 1. The number of guanidine groups is 1. The highest BCUT2D eigenvalue weighted by Crippen LogP contribution is 2.14. The lowest BCUT2D eigenvalue weighted by Crippen LogP contribution is -2.41. The normalized spacial score (nSPS) is 15.0. The van der Waals surface area contributed by atoms with Crippen molar-refractivity contribution in [2.75, 3.05) is 45.9 Å². The van der Waals surface area contributed by atoms with Crippen LogP contribution in [0.2, 0.25) is 0 Å². The van der Waals surface area contributed by atoms with E-state index in [9.17, 15) is 4.79 Å². The Balaban J connectivity index is 0.00000364. The Morgan fingerprint density at radius 1 is 1.11 bits per heavy atom. The summed E-state index contributed by atoms with van der Waals surface area (Å²) >= 11 is 0. The van der Waals surface area contributed by atoms with E-state index in [0.717, 1.165) is 45.4 Å². The van der Waals surface area contributed by atoms with Gasteiger partial charge >= 0.3 is 0 Å². The van der Waals surface area contributed by atoms with E-state index < -0.39 is 0 Å². The maximum absolute atomic E-state index is 10.9. The van der Waals surface area contributed by atoms with Crippen molar-refractivity contribution in [3.05, 3.63) is 35.4 Å². The van der Waals surface area contributed by atoms with E-state index in [1.807, 2.05) is 6.92 Å². The van der Waals surface area contributed by atoms with E-state index in [4.69, 9.17) is 9.73 Å². The smallest absolute Gasteiger partial charge is 0.216 e. The van der Waals surface area contributed by atoms with Crippen molar-refractivity contribution in [2.24, 2.45) is 4.99 Å². The van der Waals surface area contributed by atoms with Crippen molar-refractivity contribution < 1.29 is 9.53 Å². The van der Waals surface area contributed by atoms with Gasteiger partial charge in [-0.1, -0.05) is 24.3 Å². The lowest BCUT2D eigenvalue weighted by Gasteiger charge is -2.27. The molecule has 0 spiro atoms. The highest BCUT2D eigenvalue weighted by atomic mass is 127. The van der Waals surface area contributed by atoms with Gasteiger partial charge < -0.3 is 20.7 Å². The Bertz CT molecular complexity index is 591. The number of rotatable bonds is 8. The SMILES string of the molecule is CCNC(=NCc1ccccc1CN1CCOCC1)NCCNC(C)=O.I. The monoisotopic (exact) mass is 489 g/mol. The molecule has 0 unspecified atom stereocenters. The number of nitrogens with zero attached hydrogens (tertiary/aromatic N) is 2. The number of benzene rings is 1. The molecule has 1 saturated heterocycles. The van der Waals surface area contributed by atoms with Crippen LogP contribution in [0.15, 0.2) is 29.3 Å². The molecule has 152 valence electrons. The molecule has 8 heteroatoms. The van der Waals surface area contributed by atoms with Gasteiger partial charge in [0.1, 0.15) is 0 Å². The van der Waals surface area contributed by atoms with Gasteiger partial charge in [0.2, 0.25) is 5.91 Å². The van der Waals surface area contributed by atoms with E-state index in [0.29, 0.717) is 19.6 Å². The Labute approximate surface area is 179 Å². The second-order valence-electron chi connectivity index (χ2n) is 6.26. The van der Waals surface area contributed by atoms with Gasteiger partial charge in [0.15, 0.2) is 5.96 Å². The van der Waals surface area contributed by atoms with Gasteiger partial charge in [0.25, 0.3) is 0 Å². The summed E-state index contributed by atoms with van der Waals surface area (Å²) in [4.78, 5) is 18.0. The molecule has 1 heterocycles. The number of aliphatic imine (C=N–C) groups is 1. The second-order valence-corrected chi connectivity index (χ2v) is 6.26. The number of hydrogen-bond acceptors (Lipinski definition) is 4.